The maximum Gasteiger partial charge on any atom is 0.161 e. The molecule has 0 aromatic carbocycles. The Balaban J connectivity index is 1.88. The van der Waals surface area contributed by atoms with Gasteiger partial charge in [-0.3, -0.25) is 4.40 Å². The van der Waals surface area contributed by atoms with Gasteiger partial charge in [0.05, 0.1) is 0 Å². The lowest BCUT2D eigenvalue weighted by Crippen LogP contribution is -2.27. The van der Waals surface area contributed by atoms with Gasteiger partial charge in [-0.15, -0.1) is 10.2 Å². The maximum absolute atomic E-state index is 5.63. The molecule has 1 aliphatic heterocycles. The van der Waals surface area contributed by atoms with Crippen molar-refractivity contribution in [1.29, 1.82) is 0 Å². The lowest BCUT2D eigenvalue weighted by molar-refractivity contribution is 0.305. The zero-order valence-corrected chi connectivity index (χ0v) is 10.7. The van der Waals surface area contributed by atoms with E-state index in [1.807, 2.05) is 18.3 Å². The van der Waals surface area contributed by atoms with E-state index in [0.717, 1.165) is 23.5 Å². The first-order valence-corrected chi connectivity index (χ1v) is 6.51. The van der Waals surface area contributed by atoms with Gasteiger partial charge in [0.15, 0.2) is 5.65 Å². The van der Waals surface area contributed by atoms with Gasteiger partial charge in [0.25, 0.3) is 0 Å². The van der Waals surface area contributed by atoms with Gasteiger partial charge in [-0.1, -0.05) is 0 Å². The van der Waals surface area contributed by atoms with Crippen molar-refractivity contribution in [1.82, 2.24) is 19.5 Å². The third kappa shape index (κ3) is 2.00. The topological polar surface area (TPSA) is 59.5 Å². The highest BCUT2D eigenvalue weighted by atomic mass is 15.3. The smallest absolute Gasteiger partial charge is 0.161 e. The second-order valence-corrected chi connectivity index (χ2v) is 5.06. The monoisotopic (exact) mass is 245 g/mol. The van der Waals surface area contributed by atoms with E-state index in [2.05, 4.69) is 26.5 Å². The van der Waals surface area contributed by atoms with E-state index < -0.39 is 0 Å². The first kappa shape index (κ1) is 11.6. The molecule has 5 heteroatoms. The van der Waals surface area contributed by atoms with Gasteiger partial charge in [0, 0.05) is 25.2 Å². The third-order valence-electron chi connectivity index (χ3n) is 3.87. The van der Waals surface area contributed by atoms with Crippen molar-refractivity contribution >= 4 is 5.65 Å². The van der Waals surface area contributed by atoms with Crippen molar-refractivity contribution in [2.45, 2.75) is 31.8 Å². The highest BCUT2D eigenvalue weighted by Crippen LogP contribution is 2.19. The molecule has 96 valence electrons. The first-order chi connectivity index (χ1) is 8.78. The molecule has 0 amide bonds. The SMILES string of the molecule is CN1CCCC1Cc1nnc2cc(CN)ccn12. The number of nitrogens with zero attached hydrogens (tertiary/aromatic N) is 4. The second-order valence-electron chi connectivity index (χ2n) is 5.06. The van der Waals surface area contributed by atoms with Crippen molar-refractivity contribution in [2.24, 2.45) is 5.73 Å². The van der Waals surface area contributed by atoms with E-state index in [-0.39, 0.29) is 0 Å². The van der Waals surface area contributed by atoms with Crippen molar-refractivity contribution in [3.63, 3.8) is 0 Å². The fourth-order valence-corrected chi connectivity index (χ4v) is 2.70. The number of hydrogen-bond acceptors (Lipinski definition) is 4. The maximum atomic E-state index is 5.63. The Morgan fingerprint density at radius 2 is 2.33 bits per heavy atom. The second kappa shape index (κ2) is 4.66. The molecular formula is C13H19N5. The fraction of sp³-hybridized carbons (Fsp3) is 0.538. The highest BCUT2D eigenvalue weighted by Gasteiger charge is 2.22. The molecule has 0 spiro atoms. The molecule has 1 aliphatic rings. The number of rotatable bonds is 3. The minimum absolute atomic E-state index is 0.546. The summed E-state index contributed by atoms with van der Waals surface area (Å²) in [6.07, 6.45) is 5.54. The van der Waals surface area contributed by atoms with Crippen LogP contribution >= 0.6 is 0 Å². The average molecular weight is 245 g/mol. The number of likely N-dealkylation sites (N-methyl/N-ethyl adjacent to an activating group) is 1. The van der Waals surface area contributed by atoms with E-state index in [9.17, 15) is 0 Å². The van der Waals surface area contributed by atoms with Crippen molar-refractivity contribution in [2.75, 3.05) is 13.6 Å². The van der Waals surface area contributed by atoms with E-state index in [1.54, 1.807) is 0 Å². The summed E-state index contributed by atoms with van der Waals surface area (Å²) in [7, 11) is 2.19. The molecular weight excluding hydrogens is 226 g/mol. The average Bonchev–Trinajstić information content (AvgIpc) is 2.97. The molecule has 2 aromatic rings. The minimum atomic E-state index is 0.546. The lowest BCUT2D eigenvalue weighted by Gasteiger charge is -2.18. The van der Waals surface area contributed by atoms with Crippen LogP contribution < -0.4 is 5.73 Å². The molecule has 2 aromatic heterocycles. The number of pyridine rings is 1. The van der Waals surface area contributed by atoms with Crippen LogP contribution in [0.2, 0.25) is 0 Å². The van der Waals surface area contributed by atoms with Crippen LogP contribution in [-0.4, -0.2) is 39.1 Å². The van der Waals surface area contributed by atoms with Crippen LogP contribution in [0.1, 0.15) is 24.2 Å². The summed E-state index contributed by atoms with van der Waals surface area (Å²) in [6, 6.07) is 4.65. The molecule has 5 nitrogen and oxygen atoms in total. The van der Waals surface area contributed by atoms with Gasteiger partial charge in [0.2, 0.25) is 0 Å². The van der Waals surface area contributed by atoms with Gasteiger partial charge in [-0.2, -0.15) is 0 Å². The molecule has 0 saturated carbocycles. The molecule has 2 N–H and O–H groups in total. The predicted molar refractivity (Wildman–Crippen MR) is 70.2 cm³/mol. The summed E-state index contributed by atoms with van der Waals surface area (Å²) in [6.45, 7) is 1.74. The normalized spacial score (nSPS) is 20.9. The number of nitrogens with two attached hydrogens (primary N) is 1. The van der Waals surface area contributed by atoms with Gasteiger partial charge in [-0.25, -0.2) is 0 Å². The summed E-state index contributed by atoms with van der Waals surface area (Å²) in [4.78, 5) is 2.41. The Kier molecular flexibility index (Phi) is 3.01. The minimum Gasteiger partial charge on any atom is -0.326 e. The summed E-state index contributed by atoms with van der Waals surface area (Å²) < 4.78 is 2.07. The van der Waals surface area contributed by atoms with E-state index in [0.29, 0.717) is 12.6 Å². The van der Waals surface area contributed by atoms with Crippen molar-refractivity contribution in [3.8, 4) is 0 Å². The van der Waals surface area contributed by atoms with Crippen LogP contribution in [0.3, 0.4) is 0 Å². The molecule has 1 unspecified atom stereocenters. The predicted octanol–water partition coefficient (Wildman–Crippen LogP) is 0.825. The molecule has 18 heavy (non-hydrogen) atoms. The molecule has 3 heterocycles. The number of hydrogen-bond donors (Lipinski definition) is 1. The molecule has 1 atom stereocenters. The largest absolute Gasteiger partial charge is 0.326 e. The molecule has 0 radical (unpaired) electrons. The Morgan fingerprint density at radius 1 is 1.44 bits per heavy atom. The molecule has 0 bridgehead atoms. The number of likely N-dealkylation sites (tertiary alicyclic amines) is 1. The van der Waals surface area contributed by atoms with Crippen LogP contribution in [-0.2, 0) is 13.0 Å². The Morgan fingerprint density at radius 3 is 3.06 bits per heavy atom. The lowest BCUT2D eigenvalue weighted by atomic mass is 10.1. The zero-order valence-electron chi connectivity index (χ0n) is 10.7. The highest BCUT2D eigenvalue weighted by molar-refractivity contribution is 5.41. The fourth-order valence-electron chi connectivity index (χ4n) is 2.70. The summed E-state index contributed by atoms with van der Waals surface area (Å²) in [5.74, 6) is 1.05. The van der Waals surface area contributed by atoms with Crippen molar-refractivity contribution in [3.05, 3.63) is 29.7 Å². The van der Waals surface area contributed by atoms with Crippen LogP contribution in [0.5, 0.6) is 0 Å². The first-order valence-electron chi connectivity index (χ1n) is 6.51. The zero-order chi connectivity index (χ0) is 12.5. The van der Waals surface area contributed by atoms with E-state index >= 15 is 0 Å². The Bertz CT molecular complexity index is 547. The summed E-state index contributed by atoms with van der Waals surface area (Å²) >= 11 is 0. The van der Waals surface area contributed by atoms with Crippen LogP contribution in [0.25, 0.3) is 5.65 Å². The number of fused-ring (bicyclic) bond motifs is 1. The van der Waals surface area contributed by atoms with Gasteiger partial charge in [-0.05, 0) is 44.1 Å². The van der Waals surface area contributed by atoms with Gasteiger partial charge < -0.3 is 10.6 Å². The molecule has 1 saturated heterocycles. The Hall–Kier alpha value is -1.46. The number of aromatic nitrogens is 3. The summed E-state index contributed by atoms with van der Waals surface area (Å²) in [5.41, 5.74) is 7.63. The van der Waals surface area contributed by atoms with Crippen LogP contribution in [0.15, 0.2) is 18.3 Å². The van der Waals surface area contributed by atoms with Crippen LogP contribution in [0, 0.1) is 0 Å². The van der Waals surface area contributed by atoms with E-state index in [4.69, 9.17) is 5.73 Å². The Labute approximate surface area is 107 Å². The molecule has 3 rings (SSSR count). The van der Waals surface area contributed by atoms with E-state index in [1.165, 1.54) is 19.4 Å². The quantitative estimate of drug-likeness (QED) is 0.870. The third-order valence-corrected chi connectivity index (χ3v) is 3.87. The molecule has 0 aliphatic carbocycles. The molecule has 1 fully saturated rings. The van der Waals surface area contributed by atoms with Crippen molar-refractivity contribution < 1.29 is 0 Å². The standard InChI is InChI=1S/C13H19N5/c1-17-5-2-3-11(17)8-13-16-15-12-7-10(9-14)4-6-18(12)13/h4,6-7,11H,2-3,5,8-9,14H2,1H3. The summed E-state index contributed by atoms with van der Waals surface area (Å²) in [5, 5.41) is 8.55. The van der Waals surface area contributed by atoms with Gasteiger partial charge >= 0.3 is 0 Å². The van der Waals surface area contributed by atoms with Gasteiger partial charge in [0.1, 0.15) is 5.82 Å². The van der Waals surface area contributed by atoms with Crippen LogP contribution in [0.4, 0.5) is 0 Å².